The third-order valence-corrected chi connectivity index (χ3v) is 4.44. The van der Waals surface area contributed by atoms with Crippen molar-refractivity contribution in [2.24, 2.45) is 11.8 Å². The Morgan fingerprint density at radius 1 is 1.44 bits per heavy atom. The van der Waals surface area contributed by atoms with Crippen LogP contribution in [0.2, 0.25) is 0 Å². The molecule has 0 bridgehead atoms. The average Bonchev–Trinajstić information content (AvgIpc) is 2.20. The van der Waals surface area contributed by atoms with Gasteiger partial charge in [0.1, 0.15) is 5.60 Å². The summed E-state index contributed by atoms with van der Waals surface area (Å²) in [5, 5.41) is 23.7. The smallest absolute Gasteiger partial charge is 0.109 e. The molecule has 1 saturated heterocycles. The van der Waals surface area contributed by atoms with E-state index in [4.69, 9.17) is 0 Å². The van der Waals surface area contributed by atoms with Gasteiger partial charge in [0.05, 0.1) is 12.5 Å². The fraction of sp³-hybridized carbons (Fsp3) is 0.750. The number of hydrogen-bond donors (Lipinski definition) is 2. The summed E-state index contributed by atoms with van der Waals surface area (Å²) >= 11 is 0. The van der Waals surface area contributed by atoms with Gasteiger partial charge >= 0.3 is 0 Å². The molecule has 1 spiro atoms. The number of β-lactam (4-membered cyclic amide) rings is 1. The predicted molar refractivity (Wildman–Crippen MR) is 59.8 cm³/mol. The van der Waals surface area contributed by atoms with Crippen LogP contribution in [-0.2, 0) is 58.6 Å². The molecule has 1 fully saturated rings. The molecule has 1 heterocycles. The molecule has 3 unspecified atom stereocenters. The zero-order valence-electron chi connectivity index (χ0n) is 10.9. The van der Waals surface area contributed by atoms with Gasteiger partial charge in [-0.1, -0.05) is 31.0 Å². The van der Waals surface area contributed by atoms with E-state index in [0.717, 1.165) is 5.57 Å². The number of aliphatic hydroxyl groups excluding tert-OH is 1. The maximum Gasteiger partial charge on any atom is 0.109 e. The number of nitrogens with zero attached hydrogens (tertiary/aromatic N) is 1. The summed E-state index contributed by atoms with van der Waals surface area (Å²) in [6.45, 7) is 5.46. The summed E-state index contributed by atoms with van der Waals surface area (Å²) in [7, 11) is 0. The number of hydrogen-bond acceptors (Lipinski definition) is 3. The summed E-state index contributed by atoms with van der Waals surface area (Å²) in [6.07, 6.45) is 2.11. The molecule has 0 aromatic carbocycles. The molecule has 18 heavy (non-hydrogen) atoms. The standard InChI is InChI=1S/C12H19NO3.W.Y/c1-7-4-11(16,6-14)8(2)9(3)12(7)5-10(15)13-12;;/h4,8-9,14,16H,5-6H2,1-3H3,(H,13,15);;/p-1/t8?,9?,11-,12?;;/m1../s1. The van der Waals surface area contributed by atoms with E-state index in [0.29, 0.717) is 6.42 Å². The number of amides is 1. The maximum atomic E-state index is 11.1. The average molecular weight is 497 g/mol. The first kappa shape index (κ1) is 18.9. The second kappa shape index (κ2) is 6.14. The molecule has 2 rings (SSSR count). The van der Waals surface area contributed by atoms with Gasteiger partial charge in [0.2, 0.25) is 0 Å². The molecule has 4 atom stereocenters. The van der Waals surface area contributed by atoms with Gasteiger partial charge in [-0.05, 0) is 25.2 Å². The van der Waals surface area contributed by atoms with Crippen LogP contribution in [0.25, 0.3) is 5.32 Å². The summed E-state index contributed by atoms with van der Waals surface area (Å²) in [4.78, 5) is 11.1. The van der Waals surface area contributed by atoms with Crippen molar-refractivity contribution in [2.75, 3.05) is 6.61 Å². The first-order chi connectivity index (χ1) is 7.35. The summed E-state index contributed by atoms with van der Waals surface area (Å²) < 4.78 is 0. The molecule has 0 aromatic rings. The van der Waals surface area contributed by atoms with Gasteiger partial charge in [-0.2, -0.15) is 0 Å². The van der Waals surface area contributed by atoms with Crippen LogP contribution in [0.1, 0.15) is 27.2 Å². The Hall–Kier alpha value is 0.922. The zero-order chi connectivity index (χ0) is 12.1. The van der Waals surface area contributed by atoms with E-state index in [9.17, 15) is 15.0 Å². The Labute approximate surface area is 147 Å². The van der Waals surface area contributed by atoms with Gasteiger partial charge in [-0.3, -0.25) is 0 Å². The van der Waals surface area contributed by atoms with Crippen LogP contribution in [0.5, 0.6) is 0 Å². The van der Waals surface area contributed by atoms with Crippen molar-refractivity contribution in [1.29, 1.82) is 0 Å². The van der Waals surface area contributed by atoms with Crippen LogP contribution in [0.4, 0.5) is 0 Å². The van der Waals surface area contributed by atoms with Crippen molar-refractivity contribution >= 4 is 5.91 Å². The Bertz CT molecular complexity index is 366. The Morgan fingerprint density at radius 2 is 1.94 bits per heavy atom. The SMILES string of the molecule is CC1=C[C@@](O)(CO)C(C)C(C)C12CC(=O)[N-]2.[W].[Y]. The number of carbonyl (C=O) groups is 1. The Kier molecular flexibility index (Phi) is 6.45. The number of rotatable bonds is 1. The molecule has 2 N–H and O–H groups in total. The van der Waals surface area contributed by atoms with Gasteiger partial charge in [-0.15, -0.1) is 0 Å². The van der Waals surface area contributed by atoms with Crippen molar-refractivity contribution in [3.63, 3.8) is 0 Å². The molecule has 0 aromatic heterocycles. The molecule has 1 aliphatic carbocycles. The first-order valence-corrected chi connectivity index (χ1v) is 5.64. The molecule has 2 aliphatic rings. The molecular weight excluding hydrogens is 479 g/mol. The summed E-state index contributed by atoms with van der Waals surface area (Å²) in [5.41, 5.74) is -0.699. The van der Waals surface area contributed by atoms with Crippen molar-refractivity contribution < 1.29 is 68.8 Å². The van der Waals surface area contributed by atoms with Crippen LogP contribution in [0.3, 0.4) is 0 Å². The molecular formula is C12H18NO3WY-. The molecule has 1 aliphatic heterocycles. The van der Waals surface area contributed by atoms with Crippen LogP contribution < -0.4 is 0 Å². The van der Waals surface area contributed by atoms with E-state index >= 15 is 0 Å². The van der Waals surface area contributed by atoms with Crippen molar-refractivity contribution in [1.82, 2.24) is 0 Å². The van der Waals surface area contributed by atoms with E-state index in [-0.39, 0.29) is 78.1 Å². The molecule has 6 heteroatoms. The molecule has 4 nitrogen and oxygen atoms in total. The van der Waals surface area contributed by atoms with E-state index in [1.807, 2.05) is 20.8 Å². The minimum atomic E-state index is -1.18. The normalized spacial score (nSPS) is 42.1. The van der Waals surface area contributed by atoms with Gasteiger partial charge in [0.15, 0.2) is 0 Å². The molecule has 99 valence electrons. The van der Waals surface area contributed by atoms with Gasteiger partial charge in [0, 0.05) is 53.8 Å². The summed E-state index contributed by atoms with van der Waals surface area (Å²) in [5.74, 6) is -0.119. The van der Waals surface area contributed by atoms with E-state index in [1.165, 1.54) is 0 Å². The third kappa shape index (κ3) is 2.56. The van der Waals surface area contributed by atoms with Crippen molar-refractivity contribution in [3.05, 3.63) is 17.0 Å². The van der Waals surface area contributed by atoms with Gasteiger partial charge < -0.3 is 20.3 Å². The minimum Gasteiger partial charge on any atom is -0.644 e. The quantitative estimate of drug-likeness (QED) is 0.420. The fourth-order valence-corrected chi connectivity index (χ4v) is 2.96. The third-order valence-electron chi connectivity index (χ3n) is 4.44. The predicted octanol–water partition coefficient (Wildman–Crippen LogP) is 0.980. The number of aliphatic hydroxyl groups is 2. The Balaban J connectivity index is 0.00000144. The van der Waals surface area contributed by atoms with Crippen LogP contribution in [0.15, 0.2) is 11.6 Å². The second-order valence-corrected chi connectivity index (χ2v) is 5.16. The topological polar surface area (TPSA) is 71.6 Å². The van der Waals surface area contributed by atoms with Crippen LogP contribution in [-0.4, -0.2) is 33.9 Å². The summed E-state index contributed by atoms with van der Waals surface area (Å²) in [6, 6.07) is 0. The monoisotopic (exact) mass is 497 g/mol. The maximum absolute atomic E-state index is 11.1. The molecule has 1 radical (unpaired) electrons. The van der Waals surface area contributed by atoms with E-state index in [2.05, 4.69) is 5.32 Å². The number of carbonyl (C=O) groups excluding carboxylic acids is 1. The molecule has 0 saturated carbocycles. The van der Waals surface area contributed by atoms with Crippen molar-refractivity contribution in [3.8, 4) is 0 Å². The first-order valence-electron chi connectivity index (χ1n) is 5.64. The van der Waals surface area contributed by atoms with Crippen LogP contribution >= 0.6 is 0 Å². The second-order valence-electron chi connectivity index (χ2n) is 5.16. The minimum absolute atomic E-state index is 0. The van der Waals surface area contributed by atoms with E-state index < -0.39 is 11.1 Å². The Morgan fingerprint density at radius 3 is 2.33 bits per heavy atom. The van der Waals surface area contributed by atoms with Gasteiger partial charge in [0.25, 0.3) is 0 Å². The zero-order valence-corrected chi connectivity index (χ0v) is 16.7. The van der Waals surface area contributed by atoms with Crippen molar-refractivity contribution in [2.45, 2.75) is 38.3 Å². The fourth-order valence-electron chi connectivity index (χ4n) is 2.96. The van der Waals surface area contributed by atoms with Crippen LogP contribution in [0, 0.1) is 11.8 Å². The molecule has 1 amide bonds. The largest absolute Gasteiger partial charge is 0.644 e. The van der Waals surface area contributed by atoms with Gasteiger partial charge in [-0.25, -0.2) is 0 Å². The van der Waals surface area contributed by atoms with E-state index in [1.54, 1.807) is 6.08 Å².